The molecule has 4 heteroatoms. The van der Waals surface area contributed by atoms with Crippen LogP contribution in [0.5, 0.6) is 0 Å². The number of para-hydroxylation sites is 1. The van der Waals surface area contributed by atoms with E-state index < -0.39 is 6.09 Å². The fourth-order valence-corrected chi connectivity index (χ4v) is 1.51. The van der Waals surface area contributed by atoms with Gasteiger partial charge in [0.25, 0.3) is 0 Å². The average molecular weight is 228 g/mol. The Bertz CT molecular complexity index is 509. The molecule has 0 aliphatic carbocycles. The quantitative estimate of drug-likeness (QED) is 0.858. The van der Waals surface area contributed by atoms with E-state index >= 15 is 0 Å². The van der Waals surface area contributed by atoms with Gasteiger partial charge in [0.05, 0.1) is 5.69 Å². The largest absolute Gasteiger partial charge is 0.464 e. The first-order valence-corrected chi connectivity index (χ1v) is 5.19. The number of aromatic nitrogens is 1. The van der Waals surface area contributed by atoms with Crippen LogP contribution in [0.2, 0.25) is 0 Å². The molecule has 0 unspecified atom stereocenters. The van der Waals surface area contributed by atoms with Gasteiger partial charge in [-0.3, -0.25) is 0 Å². The second-order valence-electron chi connectivity index (χ2n) is 3.65. The van der Waals surface area contributed by atoms with Crippen molar-refractivity contribution in [2.24, 2.45) is 0 Å². The summed E-state index contributed by atoms with van der Waals surface area (Å²) in [5.74, 6) is 0.398. The number of rotatable bonds is 2. The van der Waals surface area contributed by atoms with Crippen molar-refractivity contribution in [1.29, 1.82) is 0 Å². The number of aryl methyl sites for hydroxylation is 1. The van der Waals surface area contributed by atoms with E-state index in [0.717, 1.165) is 10.5 Å². The molecule has 1 aromatic carbocycles. The molecule has 0 aliphatic rings. The molecule has 0 fully saturated rings. The lowest BCUT2D eigenvalue weighted by molar-refractivity contribution is 0.204. The molecule has 1 heterocycles. The monoisotopic (exact) mass is 228 g/mol. The van der Waals surface area contributed by atoms with E-state index in [0.29, 0.717) is 11.5 Å². The molecule has 0 saturated heterocycles. The van der Waals surface area contributed by atoms with Crippen LogP contribution in [0.15, 0.2) is 48.7 Å². The van der Waals surface area contributed by atoms with Gasteiger partial charge in [-0.25, -0.2) is 14.7 Å². The summed E-state index contributed by atoms with van der Waals surface area (Å²) < 4.78 is 0. The Hall–Kier alpha value is -2.36. The van der Waals surface area contributed by atoms with E-state index in [2.05, 4.69) is 4.98 Å². The molecule has 0 aliphatic heterocycles. The normalized spacial score (nSPS) is 9.94. The van der Waals surface area contributed by atoms with Crippen LogP contribution in [0.25, 0.3) is 0 Å². The van der Waals surface area contributed by atoms with Crippen molar-refractivity contribution in [2.45, 2.75) is 6.92 Å². The summed E-state index contributed by atoms with van der Waals surface area (Å²) in [7, 11) is 0. The van der Waals surface area contributed by atoms with Crippen LogP contribution >= 0.6 is 0 Å². The highest BCUT2D eigenvalue weighted by Gasteiger charge is 2.17. The Balaban J connectivity index is 2.43. The Morgan fingerprint density at radius 3 is 2.41 bits per heavy atom. The fourth-order valence-electron chi connectivity index (χ4n) is 1.51. The van der Waals surface area contributed by atoms with E-state index in [9.17, 15) is 9.90 Å². The molecule has 0 atom stereocenters. The van der Waals surface area contributed by atoms with E-state index in [1.165, 1.54) is 0 Å². The third-order valence-electron chi connectivity index (χ3n) is 2.33. The summed E-state index contributed by atoms with van der Waals surface area (Å²) >= 11 is 0. The maximum atomic E-state index is 11.3. The number of anilines is 2. The van der Waals surface area contributed by atoms with Gasteiger partial charge in [-0.15, -0.1) is 0 Å². The van der Waals surface area contributed by atoms with Gasteiger partial charge >= 0.3 is 6.09 Å². The molecule has 0 spiro atoms. The third kappa shape index (κ3) is 2.42. The van der Waals surface area contributed by atoms with Crippen molar-refractivity contribution in [1.82, 2.24) is 4.98 Å². The zero-order chi connectivity index (χ0) is 12.3. The van der Waals surface area contributed by atoms with Crippen LogP contribution in [-0.4, -0.2) is 16.2 Å². The standard InChI is InChI=1S/C13H12N2O2/c1-10-7-8-12(14-9-10)15(13(16)17)11-5-3-2-4-6-11/h2-9H,1H3,(H,16,17). The first kappa shape index (κ1) is 11.1. The van der Waals surface area contributed by atoms with Crippen molar-refractivity contribution in [3.63, 3.8) is 0 Å². The number of benzene rings is 1. The summed E-state index contributed by atoms with van der Waals surface area (Å²) in [6, 6.07) is 12.4. The summed E-state index contributed by atoms with van der Waals surface area (Å²) in [6.07, 6.45) is 0.598. The first-order valence-electron chi connectivity index (χ1n) is 5.19. The Kier molecular flexibility index (Phi) is 3.05. The van der Waals surface area contributed by atoms with Crippen LogP contribution in [0.1, 0.15) is 5.56 Å². The zero-order valence-corrected chi connectivity index (χ0v) is 9.37. The second kappa shape index (κ2) is 4.65. The number of amides is 1. The summed E-state index contributed by atoms with van der Waals surface area (Å²) in [6.45, 7) is 1.91. The molecular weight excluding hydrogens is 216 g/mol. The molecule has 86 valence electrons. The van der Waals surface area contributed by atoms with Gasteiger partial charge in [0, 0.05) is 6.20 Å². The van der Waals surface area contributed by atoms with Crippen molar-refractivity contribution in [3.05, 3.63) is 54.2 Å². The van der Waals surface area contributed by atoms with E-state index in [4.69, 9.17) is 0 Å². The molecular formula is C13H12N2O2. The molecule has 2 rings (SSSR count). The average Bonchev–Trinajstić information content (AvgIpc) is 2.33. The number of hydrogen-bond acceptors (Lipinski definition) is 2. The maximum Gasteiger partial charge on any atom is 0.417 e. The minimum Gasteiger partial charge on any atom is -0.464 e. The van der Waals surface area contributed by atoms with Crippen molar-refractivity contribution >= 4 is 17.6 Å². The molecule has 1 N–H and O–H groups in total. The molecule has 4 nitrogen and oxygen atoms in total. The summed E-state index contributed by atoms with van der Waals surface area (Å²) in [5, 5.41) is 9.24. The van der Waals surface area contributed by atoms with Crippen molar-refractivity contribution in [3.8, 4) is 0 Å². The highest BCUT2D eigenvalue weighted by Crippen LogP contribution is 2.23. The zero-order valence-electron chi connectivity index (χ0n) is 9.37. The van der Waals surface area contributed by atoms with Gasteiger partial charge in [-0.1, -0.05) is 24.3 Å². The van der Waals surface area contributed by atoms with Gasteiger partial charge in [0.1, 0.15) is 5.82 Å². The van der Waals surface area contributed by atoms with Gasteiger partial charge in [-0.05, 0) is 30.7 Å². The van der Waals surface area contributed by atoms with Gasteiger partial charge < -0.3 is 5.11 Å². The Morgan fingerprint density at radius 2 is 1.88 bits per heavy atom. The van der Waals surface area contributed by atoms with Crippen LogP contribution in [0.4, 0.5) is 16.3 Å². The molecule has 0 radical (unpaired) electrons. The van der Waals surface area contributed by atoms with E-state index in [-0.39, 0.29) is 0 Å². The molecule has 1 aromatic heterocycles. The van der Waals surface area contributed by atoms with Gasteiger partial charge in [0.2, 0.25) is 0 Å². The lowest BCUT2D eigenvalue weighted by atomic mass is 10.2. The summed E-state index contributed by atoms with van der Waals surface area (Å²) in [4.78, 5) is 16.5. The van der Waals surface area contributed by atoms with Crippen molar-refractivity contribution < 1.29 is 9.90 Å². The minimum atomic E-state index is -1.05. The Morgan fingerprint density at radius 1 is 1.18 bits per heavy atom. The van der Waals surface area contributed by atoms with E-state index in [1.807, 2.05) is 19.1 Å². The van der Waals surface area contributed by atoms with Gasteiger partial charge in [0.15, 0.2) is 0 Å². The summed E-state index contributed by atoms with van der Waals surface area (Å²) in [5.41, 5.74) is 1.57. The number of carboxylic acid groups (broad SMARTS) is 1. The SMILES string of the molecule is Cc1ccc(N(C(=O)O)c2ccccc2)nc1. The van der Waals surface area contributed by atoms with Crippen LogP contribution < -0.4 is 4.90 Å². The number of hydrogen-bond donors (Lipinski definition) is 1. The molecule has 2 aromatic rings. The van der Waals surface area contributed by atoms with Gasteiger partial charge in [-0.2, -0.15) is 0 Å². The van der Waals surface area contributed by atoms with E-state index in [1.54, 1.807) is 36.5 Å². The van der Waals surface area contributed by atoms with Crippen LogP contribution in [-0.2, 0) is 0 Å². The molecule has 1 amide bonds. The fraction of sp³-hybridized carbons (Fsp3) is 0.0769. The third-order valence-corrected chi connectivity index (χ3v) is 2.33. The maximum absolute atomic E-state index is 11.3. The van der Waals surface area contributed by atoms with Crippen molar-refractivity contribution in [2.75, 3.05) is 4.90 Å². The molecule has 0 bridgehead atoms. The predicted octanol–water partition coefficient (Wildman–Crippen LogP) is 3.21. The number of carbonyl (C=O) groups is 1. The predicted molar refractivity (Wildman–Crippen MR) is 65.6 cm³/mol. The smallest absolute Gasteiger partial charge is 0.417 e. The lowest BCUT2D eigenvalue weighted by Gasteiger charge is -2.18. The second-order valence-corrected chi connectivity index (χ2v) is 3.65. The first-order chi connectivity index (χ1) is 8.18. The van der Waals surface area contributed by atoms with Crippen LogP contribution in [0.3, 0.4) is 0 Å². The number of pyridine rings is 1. The highest BCUT2D eigenvalue weighted by molar-refractivity contribution is 5.93. The highest BCUT2D eigenvalue weighted by atomic mass is 16.4. The molecule has 0 saturated carbocycles. The number of nitrogens with zero attached hydrogens (tertiary/aromatic N) is 2. The lowest BCUT2D eigenvalue weighted by Crippen LogP contribution is -2.24. The Labute approximate surface area is 99.2 Å². The van der Waals surface area contributed by atoms with Crippen LogP contribution in [0, 0.1) is 6.92 Å². The molecule has 17 heavy (non-hydrogen) atoms. The topological polar surface area (TPSA) is 53.4 Å². The minimum absolute atomic E-state index is 0.398.